The van der Waals surface area contributed by atoms with Crippen LogP contribution in [0.15, 0.2) is 36.4 Å². The van der Waals surface area contributed by atoms with Crippen LogP contribution in [0.4, 0.5) is 10.1 Å². The highest BCUT2D eigenvalue weighted by atomic mass is 35.5. The van der Waals surface area contributed by atoms with E-state index in [1.54, 1.807) is 18.2 Å². The van der Waals surface area contributed by atoms with Gasteiger partial charge in [0.15, 0.2) is 17.3 Å². The Morgan fingerprint density at radius 2 is 1.76 bits per heavy atom. The van der Waals surface area contributed by atoms with Crippen LogP contribution in [-0.2, 0) is 0 Å². The molecule has 0 amide bonds. The van der Waals surface area contributed by atoms with E-state index < -0.39 is 5.82 Å². The van der Waals surface area contributed by atoms with Crippen molar-refractivity contribution in [2.24, 2.45) is 0 Å². The second kappa shape index (κ2) is 4.63. The van der Waals surface area contributed by atoms with Gasteiger partial charge in [-0.1, -0.05) is 29.8 Å². The first-order valence-corrected chi connectivity index (χ1v) is 5.44. The molecule has 0 unspecified atom stereocenters. The van der Waals surface area contributed by atoms with Crippen molar-refractivity contribution < 1.29 is 9.13 Å². The number of rotatable bonds is 2. The van der Waals surface area contributed by atoms with Crippen molar-refractivity contribution in [2.75, 3.05) is 5.73 Å². The highest BCUT2D eigenvalue weighted by Crippen LogP contribution is 2.32. The molecule has 0 aliphatic rings. The minimum Gasteiger partial charge on any atom is -0.452 e. The first kappa shape index (κ1) is 11.7. The summed E-state index contributed by atoms with van der Waals surface area (Å²) in [5, 5.41) is 0.0220. The third-order valence-electron chi connectivity index (χ3n) is 2.42. The fourth-order valence-corrected chi connectivity index (χ4v) is 1.59. The minimum absolute atomic E-state index is 0.0220. The fourth-order valence-electron chi connectivity index (χ4n) is 1.42. The summed E-state index contributed by atoms with van der Waals surface area (Å²) in [5.41, 5.74) is 7.21. The molecule has 0 bridgehead atoms. The van der Waals surface area contributed by atoms with Crippen LogP contribution in [-0.4, -0.2) is 0 Å². The van der Waals surface area contributed by atoms with Gasteiger partial charge in [0, 0.05) is 0 Å². The maximum absolute atomic E-state index is 13.6. The van der Waals surface area contributed by atoms with E-state index in [1.807, 2.05) is 13.0 Å². The summed E-state index contributed by atoms with van der Waals surface area (Å²) in [7, 11) is 0. The van der Waals surface area contributed by atoms with Gasteiger partial charge in [0.1, 0.15) is 0 Å². The molecule has 2 aromatic rings. The topological polar surface area (TPSA) is 35.2 Å². The van der Waals surface area contributed by atoms with Gasteiger partial charge in [0.05, 0.1) is 10.7 Å². The summed E-state index contributed by atoms with van der Waals surface area (Å²) < 4.78 is 19.0. The van der Waals surface area contributed by atoms with E-state index in [0.29, 0.717) is 11.4 Å². The van der Waals surface area contributed by atoms with Crippen molar-refractivity contribution >= 4 is 17.3 Å². The summed E-state index contributed by atoms with van der Waals surface area (Å²) in [4.78, 5) is 0. The lowest BCUT2D eigenvalue weighted by atomic mass is 10.2. The molecule has 2 aromatic carbocycles. The average molecular weight is 252 g/mol. The summed E-state index contributed by atoms with van der Waals surface area (Å²) in [6.07, 6.45) is 0. The van der Waals surface area contributed by atoms with Crippen molar-refractivity contribution in [2.45, 2.75) is 6.92 Å². The van der Waals surface area contributed by atoms with Crippen LogP contribution in [0.5, 0.6) is 11.5 Å². The largest absolute Gasteiger partial charge is 0.452 e. The van der Waals surface area contributed by atoms with E-state index in [4.69, 9.17) is 22.1 Å². The molecule has 0 aliphatic carbocycles. The van der Waals surface area contributed by atoms with E-state index in [0.717, 1.165) is 5.56 Å². The van der Waals surface area contributed by atoms with Gasteiger partial charge in [-0.15, -0.1) is 0 Å². The number of nitrogens with two attached hydrogens (primary N) is 1. The molecule has 2 N–H and O–H groups in total. The lowest BCUT2D eigenvalue weighted by Crippen LogP contribution is -1.96. The molecule has 0 atom stereocenters. The van der Waals surface area contributed by atoms with Crippen LogP contribution in [0, 0.1) is 12.7 Å². The molecule has 0 spiro atoms. The lowest BCUT2D eigenvalue weighted by Gasteiger charge is -2.11. The minimum atomic E-state index is -0.588. The van der Waals surface area contributed by atoms with Crippen LogP contribution in [0.3, 0.4) is 0 Å². The molecule has 0 aliphatic heterocycles. The first-order chi connectivity index (χ1) is 8.09. The number of ether oxygens (including phenoxy) is 1. The molecular formula is C13H11ClFNO. The van der Waals surface area contributed by atoms with Gasteiger partial charge in [-0.05, 0) is 30.7 Å². The van der Waals surface area contributed by atoms with E-state index in [9.17, 15) is 4.39 Å². The number of halogens is 2. The first-order valence-electron chi connectivity index (χ1n) is 5.06. The van der Waals surface area contributed by atoms with E-state index in [-0.39, 0.29) is 10.8 Å². The highest BCUT2D eigenvalue weighted by molar-refractivity contribution is 6.30. The molecule has 2 nitrogen and oxygen atoms in total. The summed E-state index contributed by atoms with van der Waals surface area (Å²) in [5.74, 6) is -0.101. The second-order valence-electron chi connectivity index (χ2n) is 3.64. The summed E-state index contributed by atoms with van der Waals surface area (Å²) in [6.45, 7) is 1.86. The van der Waals surface area contributed by atoms with Crippen LogP contribution in [0.25, 0.3) is 0 Å². The van der Waals surface area contributed by atoms with Gasteiger partial charge in [-0.3, -0.25) is 0 Å². The molecule has 0 saturated carbocycles. The number of para-hydroxylation sites is 1. The molecule has 17 heavy (non-hydrogen) atoms. The van der Waals surface area contributed by atoms with Crippen molar-refractivity contribution in [3.05, 3.63) is 52.8 Å². The molecule has 88 valence electrons. The summed E-state index contributed by atoms with van der Waals surface area (Å²) in [6, 6.07) is 9.92. The highest BCUT2D eigenvalue weighted by Gasteiger charge is 2.10. The molecule has 0 heterocycles. The number of anilines is 1. The van der Waals surface area contributed by atoms with Gasteiger partial charge in [-0.25, -0.2) is 4.39 Å². The Labute approximate surface area is 104 Å². The van der Waals surface area contributed by atoms with Crippen molar-refractivity contribution in [3.8, 4) is 11.5 Å². The summed E-state index contributed by atoms with van der Waals surface area (Å²) >= 11 is 5.66. The predicted molar refractivity (Wildman–Crippen MR) is 67.1 cm³/mol. The van der Waals surface area contributed by atoms with Crippen molar-refractivity contribution in [1.29, 1.82) is 0 Å². The number of aryl methyl sites for hydroxylation is 1. The Bertz CT molecular complexity index is 508. The zero-order chi connectivity index (χ0) is 12.4. The quantitative estimate of drug-likeness (QED) is 0.814. The Morgan fingerprint density at radius 1 is 1.12 bits per heavy atom. The Hall–Kier alpha value is -1.74. The van der Waals surface area contributed by atoms with Gasteiger partial charge >= 0.3 is 0 Å². The maximum atomic E-state index is 13.6. The van der Waals surface area contributed by atoms with Crippen LogP contribution >= 0.6 is 11.6 Å². The third kappa shape index (κ3) is 2.34. The molecule has 0 radical (unpaired) electrons. The van der Waals surface area contributed by atoms with Crippen LogP contribution in [0.2, 0.25) is 5.02 Å². The molecule has 2 rings (SSSR count). The van der Waals surface area contributed by atoms with Crippen LogP contribution < -0.4 is 10.5 Å². The molecule has 0 fully saturated rings. The van der Waals surface area contributed by atoms with Gasteiger partial charge in [0.2, 0.25) is 0 Å². The number of hydrogen-bond donors (Lipinski definition) is 1. The van der Waals surface area contributed by atoms with E-state index in [1.165, 1.54) is 12.1 Å². The molecule has 0 aromatic heterocycles. The van der Waals surface area contributed by atoms with E-state index in [2.05, 4.69) is 0 Å². The zero-order valence-electron chi connectivity index (χ0n) is 9.21. The SMILES string of the molecule is Cc1cccc(Oc2cccc(Cl)c2F)c1N. The molecule has 4 heteroatoms. The molecule has 0 saturated heterocycles. The zero-order valence-corrected chi connectivity index (χ0v) is 9.96. The van der Waals surface area contributed by atoms with Crippen LogP contribution in [0.1, 0.15) is 5.56 Å². The smallest absolute Gasteiger partial charge is 0.184 e. The van der Waals surface area contributed by atoms with Gasteiger partial charge < -0.3 is 10.5 Å². The number of benzene rings is 2. The van der Waals surface area contributed by atoms with Crippen molar-refractivity contribution in [3.63, 3.8) is 0 Å². The van der Waals surface area contributed by atoms with Crippen molar-refractivity contribution in [1.82, 2.24) is 0 Å². The third-order valence-corrected chi connectivity index (χ3v) is 2.71. The van der Waals surface area contributed by atoms with Gasteiger partial charge in [-0.2, -0.15) is 0 Å². The monoisotopic (exact) mass is 251 g/mol. The normalized spacial score (nSPS) is 10.3. The number of nitrogen functional groups attached to an aromatic ring is 1. The lowest BCUT2D eigenvalue weighted by molar-refractivity contribution is 0.444. The maximum Gasteiger partial charge on any atom is 0.184 e. The number of hydrogen-bond acceptors (Lipinski definition) is 2. The Balaban J connectivity index is 2.38. The standard InChI is InChI=1S/C13H11ClFNO/c1-8-4-2-7-11(13(8)16)17-10-6-3-5-9(14)12(10)15/h2-7H,16H2,1H3. The van der Waals surface area contributed by atoms with Gasteiger partial charge in [0.25, 0.3) is 0 Å². The Morgan fingerprint density at radius 3 is 2.53 bits per heavy atom. The molecular weight excluding hydrogens is 241 g/mol. The fraction of sp³-hybridized carbons (Fsp3) is 0.0769. The second-order valence-corrected chi connectivity index (χ2v) is 4.05. The average Bonchev–Trinajstić information content (AvgIpc) is 2.31. The Kier molecular flexibility index (Phi) is 3.20. The predicted octanol–water partition coefficient (Wildman–Crippen LogP) is 4.16. The van der Waals surface area contributed by atoms with E-state index >= 15 is 0 Å².